The molecule has 1 aliphatic carbocycles. The van der Waals surface area contributed by atoms with Gasteiger partial charge in [0.15, 0.2) is 0 Å². The predicted octanol–water partition coefficient (Wildman–Crippen LogP) is 3.68. The first kappa shape index (κ1) is 15.4. The Morgan fingerprint density at radius 1 is 1.35 bits per heavy atom. The van der Waals surface area contributed by atoms with Crippen LogP contribution in [0.3, 0.4) is 0 Å². The van der Waals surface area contributed by atoms with E-state index in [0.29, 0.717) is 0 Å². The molecule has 110 valence electrons. The first-order valence-electron chi connectivity index (χ1n) is 7.32. The van der Waals surface area contributed by atoms with Crippen molar-refractivity contribution in [2.75, 3.05) is 11.1 Å². The molecule has 0 bridgehead atoms. The molecular weight excluding hydrogens is 270 g/mol. The maximum absolute atomic E-state index is 10.9. The number of thioether (sulfide) groups is 1. The fourth-order valence-corrected chi connectivity index (χ4v) is 3.58. The molecule has 0 saturated heterocycles. The minimum Gasteiger partial charge on any atom is -0.392 e. The van der Waals surface area contributed by atoms with Crippen molar-refractivity contribution in [2.45, 2.75) is 50.0 Å². The van der Waals surface area contributed by atoms with E-state index in [1.165, 1.54) is 32.6 Å². The van der Waals surface area contributed by atoms with Gasteiger partial charge in [-0.25, -0.2) is 0 Å². The van der Waals surface area contributed by atoms with E-state index in [9.17, 15) is 9.90 Å². The van der Waals surface area contributed by atoms with Gasteiger partial charge >= 0.3 is 0 Å². The predicted molar refractivity (Wildman–Crippen MR) is 84.1 cm³/mol. The van der Waals surface area contributed by atoms with Crippen molar-refractivity contribution in [2.24, 2.45) is 5.92 Å². The SMILES string of the molecule is CC(=O)Nc1ccc(SCC(O)CC2CCCC2)cc1. The zero-order valence-corrected chi connectivity index (χ0v) is 12.8. The normalized spacial score (nSPS) is 17.1. The van der Waals surface area contributed by atoms with Crippen molar-refractivity contribution in [1.29, 1.82) is 0 Å². The quantitative estimate of drug-likeness (QED) is 0.787. The minimum absolute atomic E-state index is 0.0580. The number of rotatable bonds is 6. The number of amides is 1. The van der Waals surface area contributed by atoms with Gasteiger partial charge in [-0.05, 0) is 36.6 Å². The zero-order chi connectivity index (χ0) is 14.4. The number of hydrogen-bond donors (Lipinski definition) is 2. The second kappa shape index (κ2) is 7.70. The number of benzene rings is 1. The number of hydrogen-bond acceptors (Lipinski definition) is 3. The third-order valence-corrected chi connectivity index (χ3v) is 4.85. The second-order valence-corrected chi connectivity index (χ2v) is 6.65. The molecule has 2 rings (SSSR count). The van der Waals surface area contributed by atoms with E-state index in [-0.39, 0.29) is 12.0 Å². The van der Waals surface area contributed by atoms with Crippen LogP contribution < -0.4 is 5.32 Å². The minimum atomic E-state index is -0.210. The number of aliphatic hydroxyl groups is 1. The number of nitrogens with one attached hydrogen (secondary N) is 1. The maximum atomic E-state index is 10.9. The lowest BCUT2D eigenvalue weighted by Crippen LogP contribution is -2.14. The van der Waals surface area contributed by atoms with Gasteiger partial charge in [-0.3, -0.25) is 4.79 Å². The van der Waals surface area contributed by atoms with Crippen molar-refractivity contribution in [3.8, 4) is 0 Å². The molecule has 20 heavy (non-hydrogen) atoms. The number of anilines is 1. The highest BCUT2D eigenvalue weighted by molar-refractivity contribution is 7.99. The van der Waals surface area contributed by atoms with E-state index in [0.717, 1.165) is 28.7 Å². The number of carbonyl (C=O) groups is 1. The van der Waals surface area contributed by atoms with Gasteiger partial charge in [-0.1, -0.05) is 25.7 Å². The van der Waals surface area contributed by atoms with Gasteiger partial charge in [-0.2, -0.15) is 0 Å². The lowest BCUT2D eigenvalue weighted by Gasteiger charge is -2.15. The van der Waals surface area contributed by atoms with E-state index >= 15 is 0 Å². The Labute approximate surface area is 125 Å². The highest BCUT2D eigenvalue weighted by Gasteiger charge is 2.18. The first-order chi connectivity index (χ1) is 9.63. The molecule has 0 aliphatic heterocycles. The smallest absolute Gasteiger partial charge is 0.221 e. The van der Waals surface area contributed by atoms with Gasteiger partial charge in [0.2, 0.25) is 5.91 Å². The molecule has 0 heterocycles. The summed E-state index contributed by atoms with van der Waals surface area (Å²) >= 11 is 1.68. The van der Waals surface area contributed by atoms with Gasteiger partial charge < -0.3 is 10.4 Å². The van der Waals surface area contributed by atoms with Crippen molar-refractivity contribution < 1.29 is 9.90 Å². The van der Waals surface area contributed by atoms with E-state index in [2.05, 4.69) is 5.32 Å². The third kappa shape index (κ3) is 5.17. The van der Waals surface area contributed by atoms with Crippen molar-refractivity contribution in [3.63, 3.8) is 0 Å². The average Bonchev–Trinajstić information content (AvgIpc) is 2.90. The summed E-state index contributed by atoms with van der Waals surface area (Å²) in [6.07, 6.45) is 5.96. The fraction of sp³-hybridized carbons (Fsp3) is 0.562. The molecule has 1 fully saturated rings. The topological polar surface area (TPSA) is 49.3 Å². The lowest BCUT2D eigenvalue weighted by molar-refractivity contribution is -0.114. The van der Waals surface area contributed by atoms with Crippen LogP contribution in [0.5, 0.6) is 0 Å². The van der Waals surface area contributed by atoms with Gasteiger partial charge in [0.25, 0.3) is 0 Å². The lowest BCUT2D eigenvalue weighted by atomic mass is 10.0. The molecule has 3 nitrogen and oxygen atoms in total. The van der Waals surface area contributed by atoms with Crippen LogP contribution in [0.2, 0.25) is 0 Å². The standard InChI is InChI=1S/C16H23NO2S/c1-12(18)17-14-6-8-16(9-7-14)20-11-15(19)10-13-4-2-3-5-13/h6-9,13,15,19H,2-5,10-11H2,1H3,(H,17,18). The molecule has 1 aliphatic rings. The maximum Gasteiger partial charge on any atom is 0.221 e. The molecular formula is C16H23NO2S. The van der Waals surface area contributed by atoms with Crippen molar-refractivity contribution in [3.05, 3.63) is 24.3 Å². The van der Waals surface area contributed by atoms with E-state index in [4.69, 9.17) is 0 Å². The Morgan fingerprint density at radius 2 is 2.00 bits per heavy atom. The monoisotopic (exact) mass is 293 g/mol. The summed E-state index contributed by atoms with van der Waals surface area (Å²) in [5, 5.41) is 12.8. The van der Waals surface area contributed by atoms with Crippen LogP contribution in [0.1, 0.15) is 39.0 Å². The Kier molecular flexibility index (Phi) is 5.92. The Balaban J connectivity index is 1.73. The highest BCUT2D eigenvalue weighted by atomic mass is 32.2. The zero-order valence-electron chi connectivity index (χ0n) is 12.0. The van der Waals surface area contributed by atoms with Crippen LogP contribution in [-0.4, -0.2) is 22.9 Å². The van der Waals surface area contributed by atoms with Crippen molar-refractivity contribution >= 4 is 23.4 Å². The summed E-state index contributed by atoms with van der Waals surface area (Å²) in [6.45, 7) is 1.50. The summed E-state index contributed by atoms with van der Waals surface area (Å²) in [5.74, 6) is 1.42. The van der Waals surface area contributed by atoms with Crippen LogP contribution >= 0.6 is 11.8 Å². The average molecular weight is 293 g/mol. The summed E-state index contributed by atoms with van der Waals surface area (Å²) in [7, 11) is 0. The largest absolute Gasteiger partial charge is 0.392 e. The summed E-state index contributed by atoms with van der Waals surface area (Å²) in [5.41, 5.74) is 0.813. The molecule has 1 atom stereocenters. The molecule has 0 spiro atoms. The van der Waals surface area contributed by atoms with E-state index < -0.39 is 0 Å². The number of carbonyl (C=O) groups excluding carboxylic acids is 1. The second-order valence-electron chi connectivity index (χ2n) is 5.56. The molecule has 1 saturated carbocycles. The molecule has 1 aromatic carbocycles. The van der Waals surface area contributed by atoms with Gasteiger partial charge in [-0.15, -0.1) is 11.8 Å². The Hall–Kier alpha value is -1.00. The fourth-order valence-electron chi connectivity index (χ4n) is 2.73. The molecule has 0 aromatic heterocycles. The van der Waals surface area contributed by atoms with E-state index in [1.807, 2.05) is 24.3 Å². The highest BCUT2D eigenvalue weighted by Crippen LogP contribution is 2.30. The van der Waals surface area contributed by atoms with Crippen LogP contribution in [0.4, 0.5) is 5.69 Å². The van der Waals surface area contributed by atoms with Crippen LogP contribution in [0, 0.1) is 5.92 Å². The Bertz CT molecular complexity index is 427. The molecule has 1 amide bonds. The molecule has 1 unspecified atom stereocenters. The molecule has 1 aromatic rings. The third-order valence-electron chi connectivity index (χ3n) is 3.70. The summed E-state index contributed by atoms with van der Waals surface area (Å²) in [4.78, 5) is 12.1. The van der Waals surface area contributed by atoms with Crippen LogP contribution in [0.25, 0.3) is 0 Å². The van der Waals surface area contributed by atoms with Gasteiger partial charge in [0.1, 0.15) is 0 Å². The number of aliphatic hydroxyl groups excluding tert-OH is 1. The van der Waals surface area contributed by atoms with Crippen LogP contribution in [-0.2, 0) is 4.79 Å². The summed E-state index contributed by atoms with van der Waals surface area (Å²) in [6, 6.07) is 7.76. The van der Waals surface area contributed by atoms with Crippen molar-refractivity contribution in [1.82, 2.24) is 0 Å². The Morgan fingerprint density at radius 3 is 2.60 bits per heavy atom. The first-order valence-corrected chi connectivity index (χ1v) is 8.30. The van der Waals surface area contributed by atoms with Crippen LogP contribution in [0.15, 0.2) is 29.2 Å². The molecule has 2 N–H and O–H groups in total. The van der Waals surface area contributed by atoms with Gasteiger partial charge in [0, 0.05) is 23.3 Å². The van der Waals surface area contributed by atoms with E-state index in [1.54, 1.807) is 11.8 Å². The summed E-state index contributed by atoms with van der Waals surface area (Å²) < 4.78 is 0. The van der Waals surface area contributed by atoms with Gasteiger partial charge in [0.05, 0.1) is 6.10 Å². The molecule has 0 radical (unpaired) electrons. The molecule has 4 heteroatoms.